The number of aromatic nitrogens is 3. The van der Waals surface area contributed by atoms with Gasteiger partial charge >= 0.3 is 5.97 Å². The molecule has 0 spiro atoms. The first-order valence-electron chi connectivity index (χ1n) is 7.33. The third kappa shape index (κ3) is 3.34. The number of rotatable bonds is 6. The van der Waals surface area contributed by atoms with Gasteiger partial charge in [-0.25, -0.2) is 4.79 Å². The number of aromatic amines is 1. The molecule has 3 aromatic rings. The van der Waals surface area contributed by atoms with E-state index in [9.17, 15) is 9.59 Å². The molecule has 0 unspecified atom stereocenters. The molecular formula is C16H14N4O5. The maximum atomic E-state index is 12.0. The zero-order valence-corrected chi connectivity index (χ0v) is 13.2. The Balaban J connectivity index is 1.94. The van der Waals surface area contributed by atoms with Crippen LogP contribution in [0.5, 0.6) is 11.5 Å². The lowest BCUT2D eigenvalue weighted by molar-refractivity contribution is 0.0695. The molecule has 0 radical (unpaired) electrons. The molecule has 2 aromatic heterocycles. The van der Waals surface area contributed by atoms with E-state index in [4.69, 9.17) is 19.6 Å². The molecule has 1 aromatic carbocycles. The molecule has 0 atom stereocenters. The van der Waals surface area contributed by atoms with E-state index in [0.717, 1.165) is 0 Å². The number of nitrogens with zero attached hydrogens (tertiary/aromatic N) is 2. The second kappa shape index (κ2) is 6.87. The topological polar surface area (TPSA) is 133 Å². The summed E-state index contributed by atoms with van der Waals surface area (Å²) in [5.74, 6) is -0.790. The molecule has 0 aliphatic carbocycles. The summed E-state index contributed by atoms with van der Waals surface area (Å²) in [6.45, 7) is 2.13. The molecule has 0 aliphatic heterocycles. The molecule has 1 amide bonds. The second-order valence-electron chi connectivity index (χ2n) is 4.85. The summed E-state index contributed by atoms with van der Waals surface area (Å²) in [5, 5.41) is 10.0. The smallest absolute Gasteiger partial charge is 0.379 e. The van der Waals surface area contributed by atoms with Crippen molar-refractivity contribution in [2.75, 3.05) is 6.61 Å². The van der Waals surface area contributed by atoms with Gasteiger partial charge in [-0.05, 0) is 37.3 Å². The van der Waals surface area contributed by atoms with Crippen molar-refractivity contribution in [3.63, 3.8) is 0 Å². The van der Waals surface area contributed by atoms with Crippen molar-refractivity contribution in [3.8, 4) is 22.8 Å². The molecule has 3 rings (SSSR count). The van der Waals surface area contributed by atoms with Crippen LogP contribution in [0.25, 0.3) is 11.3 Å². The molecule has 25 heavy (non-hydrogen) atoms. The average molecular weight is 342 g/mol. The summed E-state index contributed by atoms with van der Waals surface area (Å²) >= 11 is 0. The van der Waals surface area contributed by atoms with Crippen LogP contribution in [0.3, 0.4) is 0 Å². The predicted molar refractivity (Wildman–Crippen MR) is 85.2 cm³/mol. The number of furan rings is 1. The van der Waals surface area contributed by atoms with E-state index < -0.39 is 11.9 Å². The first-order chi connectivity index (χ1) is 12.1. The molecule has 128 valence electrons. The molecule has 0 saturated heterocycles. The lowest BCUT2D eigenvalue weighted by Gasteiger charge is -2.11. The largest absolute Gasteiger partial charge is 0.490 e. The first kappa shape index (κ1) is 16.2. The zero-order chi connectivity index (χ0) is 17.8. The van der Waals surface area contributed by atoms with E-state index in [2.05, 4.69) is 15.4 Å². The highest BCUT2D eigenvalue weighted by molar-refractivity contribution is 5.96. The molecule has 9 nitrogen and oxygen atoms in total. The Morgan fingerprint density at radius 1 is 1.24 bits per heavy atom. The van der Waals surface area contributed by atoms with E-state index in [-0.39, 0.29) is 22.9 Å². The van der Waals surface area contributed by atoms with Crippen molar-refractivity contribution < 1.29 is 23.5 Å². The highest BCUT2D eigenvalue weighted by Gasteiger charge is 2.19. The number of benzene rings is 1. The Morgan fingerprint density at radius 3 is 2.76 bits per heavy atom. The Hall–Kier alpha value is -3.62. The summed E-state index contributed by atoms with van der Waals surface area (Å²) in [6.07, 6.45) is 1.37. The van der Waals surface area contributed by atoms with Gasteiger partial charge in [-0.1, -0.05) is 0 Å². The van der Waals surface area contributed by atoms with Crippen LogP contribution in [-0.4, -0.2) is 33.9 Å². The van der Waals surface area contributed by atoms with Gasteiger partial charge in [-0.15, -0.1) is 0 Å². The van der Waals surface area contributed by atoms with Gasteiger partial charge in [0.1, 0.15) is 5.69 Å². The quantitative estimate of drug-likeness (QED) is 0.515. The van der Waals surface area contributed by atoms with Crippen molar-refractivity contribution in [3.05, 3.63) is 48.0 Å². The molecule has 2 heterocycles. The number of H-pyrrole nitrogens is 1. The van der Waals surface area contributed by atoms with Gasteiger partial charge < -0.3 is 19.6 Å². The Morgan fingerprint density at radius 2 is 2.08 bits per heavy atom. The van der Waals surface area contributed by atoms with E-state index >= 15 is 0 Å². The minimum absolute atomic E-state index is 0.00257. The van der Waals surface area contributed by atoms with Gasteiger partial charge in [0, 0.05) is 5.56 Å². The first-order valence-corrected chi connectivity index (χ1v) is 7.33. The van der Waals surface area contributed by atoms with Crippen LogP contribution in [0.15, 0.2) is 41.0 Å². The zero-order valence-electron chi connectivity index (χ0n) is 13.2. The fraction of sp³-hybridized carbons (Fsp3) is 0.125. The highest BCUT2D eigenvalue weighted by atomic mass is 16.6. The van der Waals surface area contributed by atoms with Gasteiger partial charge in [0.05, 0.1) is 12.9 Å². The minimum atomic E-state index is -0.713. The number of carbonyl (C=O) groups is 2. The number of esters is 1. The lowest BCUT2D eigenvalue weighted by Crippen LogP contribution is -2.13. The van der Waals surface area contributed by atoms with Gasteiger partial charge in [0.25, 0.3) is 5.91 Å². The van der Waals surface area contributed by atoms with Crippen LogP contribution in [0.1, 0.15) is 28.0 Å². The third-order valence-corrected chi connectivity index (χ3v) is 3.22. The van der Waals surface area contributed by atoms with Gasteiger partial charge in [-0.2, -0.15) is 15.4 Å². The van der Waals surface area contributed by atoms with Crippen LogP contribution < -0.4 is 15.2 Å². The van der Waals surface area contributed by atoms with E-state index in [1.165, 1.54) is 18.4 Å². The monoisotopic (exact) mass is 342 g/mol. The maximum Gasteiger partial charge on any atom is 0.379 e. The number of primary amides is 1. The molecule has 0 aliphatic rings. The van der Waals surface area contributed by atoms with Crippen molar-refractivity contribution in [2.24, 2.45) is 5.73 Å². The third-order valence-electron chi connectivity index (χ3n) is 3.22. The van der Waals surface area contributed by atoms with Crippen LogP contribution in [0, 0.1) is 0 Å². The minimum Gasteiger partial charge on any atom is -0.490 e. The Bertz CT molecular complexity index is 901. The summed E-state index contributed by atoms with van der Waals surface area (Å²) in [7, 11) is 0. The number of nitrogens with one attached hydrogen (secondary N) is 1. The van der Waals surface area contributed by atoms with Gasteiger partial charge in [-0.3, -0.25) is 4.79 Å². The van der Waals surface area contributed by atoms with Crippen LogP contribution in [-0.2, 0) is 0 Å². The Labute approximate surface area is 141 Å². The van der Waals surface area contributed by atoms with Crippen molar-refractivity contribution >= 4 is 11.9 Å². The molecule has 0 saturated carbocycles. The predicted octanol–water partition coefficient (Wildman–Crippen LogP) is 1.78. The summed E-state index contributed by atoms with van der Waals surface area (Å²) in [5.41, 5.74) is 6.08. The highest BCUT2D eigenvalue weighted by Crippen LogP contribution is 2.33. The standard InChI is InChI=1S/C16H14N4O5/c1-2-23-12-8-9(13-14(15(17)21)19-20-18-13)5-6-10(12)25-16(22)11-4-3-7-24-11/h3-8H,2H2,1H3,(H2,17,21)(H,18,19,20). The molecule has 0 bridgehead atoms. The van der Waals surface area contributed by atoms with Gasteiger partial charge in [0.2, 0.25) is 5.76 Å². The van der Waals surface area contributed by atoms with E-state index in [0.29, 0.717) is 17.9 Å². The lowest BCUT2D eigenvalue weighted by atomic mass is 10.1. The molecule has 0 fully saturated rings. The SMILES string of the molecule is CCOc1cc(-c2n[nH]nc2C(N)=O)ccc1OC(=O)c1ccco1. The number of ether oxygens (including phenoxy) is 2. The summed E-state index contributed by atoms with van der Waals surface area (Å²) < 4.78 is 15.8. The van der Waals surface area contributed by atoms with Crippen LogP contribution in [0.4, 0.5) is 0 Å². The number of amides is 1. The average Bonchev–Trinajstić information content (AvgIpc) is 3.28. The van der Waals surface area contributed by atoms with E-state index in [1.54, 1.807) is 25.1 Å². The van der Waals surface area contributed by atoms with Crippen molar-refractivity contribution in [2.45, 2.75) is 6.92 Å². The van der Waals surface area contributed by atoms with Crippen LogP contribution >= 0.6 is 0 Å². The van der Waals surface area contributed by atoms with Crippen LogP contribution in [0.2, 0.25) is 0 Å². The number of nitrogens with two attached hydrogens (primary N) is 1. The maximum absolute atomic E-state index is 12.0. The molecule has 9 heteroatoms. The van der Waals surface area contributed by atoms with E-state index in [1.807, 2.05) is 0 Å². The summed E-state index contributed by atoms with van der Waals surface area (Å²) in [6, 6.07) is 7.79. The second-order valence-corrected chi connectivity index (χ2v) is 4.85. The normalized spacial score (nSPS) is 10.4. The number of hydrogen-bond donors (Lipinski definition) is 2. The fourth-order valence-electron chi connectivity index (χ4n) is 2.16. The molecule has 3 N–H and O–H groups in total. The van der Waals surface area contributed by atoms with Gasteiger partial charge in [0.15, 0.2) is 17.2 Å². The molecular weight excluding hydrogens is 328 g/mol. The van der Waals surface area contributed by atoms with Crippen molar-refractivity contribution in [1.29, 1.82) is 0 Å². The Kier molecular flexibility index (Phi) is 4.46. The summed E-state index contributed by atoms with van der Waals surface area (Å²) in [4.78, 5) is 23.4. The number of hydrogen-bond acceptors (Lipinski definition) is 7. The van der Waals surface area contributed by atoms with Crippen molar-refractivity contribution in [1.82, 2.24) is 15.4 Å². The fourth-order valence-corrected chi connectivity index (χ4v) is 2.16. The number of carbonyl (C=O) groups excluding carboxylic acids is 2.